The summed E-state index contributed by atoms with van der Waals surface area (Å²) in [5, 5.41) is 9.19. The van der Waals surface area contributed by atoms with Gasteiger partial charge in [0.2, 0.25) is 0 Å². The number of rotatable bonds is 5. The van der Waals surface area contributed by atoms with Gasteiger partial charge in [0.15, 0.2) is 0 Å². The Labute approximate surface area is 125 Å². The number of nitriles is 1. The molecule has 0 bridgehead atoms. The Morgan fingerprint density at radius 2 is 2.05 bits per heavy atom. The van der Waals surface area contributed by atoms with Crippen LogP contribution in [0.2, 0.25) is 0 Å². The van der Waals surface area contributed by atoms with Gasteiger partial charge < -0.3 is 4.57 Å². The van der Waals surface area contributed by atoms with Gasteiger partial charge in [-0.05, 0) is 37.8 Å². The second kappa shape index (κ2) is 6.28. The number of alkyl halides is 1. The number of hydrogen-bond donors (Lipinski definition) is 0. The van der Waals surface area contributed by atoms with Crippen LogP contribution in [-0.2, 0) is 5.88 Å². The van der Waals surface area contributed by atoms with Crippen LogP contribution in [0.15, 0.2) is 18.2 Å². The first-order valence-corrected chi connectivity index (χ1v) is 7.57. The minimum absolute atomic E-state index is 0.338. The Kier molecular flexibility index (Phi) is 4.67. The van der Waals surface area contributed by atoms with Crippen molar-refractivity contribution in [2.24, 2.45) is 5.92 Å². The van der Waals surface area contributed by atoms with E-state index in [1.165, 1.54) is 6.42 Å². The van der Waals surface area contributed by atoms with Crippen molar-refractivity contribution >= 4 is 22.6 Å². The molecule has 20 heavy (non-hydrogen) atoms. The highest BCUT2D eigenvalue weighted by Crippen LogP contribution is 2.27. The third-order valence-corrected chi connectivity index (χ3v) is 3.87. The minimum Gasteiger partial charge on any atom is -0.324 e. The molecule has 0 aliphatic heterocycles. The SMILES string of the molecule is CC(C)CCC(C)n1c(CCl)nc2c(C#N)cccc21. The predicted octanol–water partition coefficient (Wildman–Crippen LogP) is 4.64. The van der Waals surface area contributed by atoms with Crippen LogP contribution in [0, 0.1) is 17.2 Å². The second-order valence-corrected chi connectivity index (χ2v) is 5.90. The molecule has 1 unspecified atom stereocenters. The van der Waals surface area contributed by atoms with Crippen molar-refractivity contribution in [2.75, 3.05) is 0 Å². The highest BCUT2D eigenvalue weighted by atomic mass is 35.5. The first kappa shape index (κ1) is 14.9. The summed E-state index contributed by atoms with van der Waals surface area (Å²) in [4.78, 5) is 4.56. The molecule has 0 radical (unpaired) electrons. The van der Waals surface area contributed by atoms with Crippen molar-refractivity contribution in [1.82, 2.24) is 9.55 Å². The van der Waals surface area contributed by atoms with E-state index >= 15 is 0 Å². The molecule has 2 rings (SSSR count). The molecule has 0 fully saturated rings. The highest BCUT2D eigenvalue weighted by molar-refractivity contribution is 6.16. The number of aromatic nitrogens is 2. The number of nitrogens with zero attached hydrogens (tertiary/aromatic N) is 3. The van der Waals surface area contributed by atoms with Gasteiger partial charge in [0.05, 0.1) is 17.0 Å². The summed E-state index contributed by atoms with van der Waals surface area (Å²) in [5.41, 5.74) is 2.39. The van der Waals surface area contributed by atoms with E-state index in [4.69, 9.17) is 11.6 Å². The lowest BCUT2D eigenvalue weighted by Gasteiger charge is -2.18. The van der Waals surface area contributed by atoms with Crippen molar-refractivity contribution in [3.05, 3.63) is 29.6 Å². The van der Waals surface area contributed by atoms with E-state index in [0.29, 0.717) is 23.4 Å². The van der Waals surface area contributed by atoms with Crippen molar-refractivity contribution in [2.45, 2.75) is 45.5 Å². The lowest BCUT2D eigenvalue weighted by atomic mass is 10.0. The van der Waals surface area contributed by atoms with Crippen LogP contribution in [0.25, 0.3) is 11.0 Å². The van der Waals surface area contributed by atoms with E-state index in [-0.39, 0.29) is 0 Å². The Morgan fingerprint density at radius 3 is 2.65 bits per heavy atom. The molecule has 1 aromatic heterocycles. The van der Waals surface area contributed by atoms with E-state index in [1.807, 2.05) is 12.1 Å². The van der Waals surface area contributed by atoms with Crippen LogP contribution in [0.3, 0.4) is 0 Å². The monoisotopic (exact) mass is 289 g/mol. The zero-order valence-corrected chi connectivity index (χ0v) is 13.0. The van der Waals surface area contributed by atoms with Crippen molar-refractivity contribution in [3.8, 4) is 6.07 Å². The quantitative estimate of drug-likeness (QED) is 0.752. The first-order valence-electron chi connectivity index (χ1n) is 7.04. The molecular weight excluding hydrogens is 270 g/mol. The molecule has 0 saturated heterocycles. The smallest absolute Gasteiger partial charge is 0.125 e. The lowest BCUT2D eigenvalue weighted by Crippen LogP contribution is -2.09. The summed E-state index contributed by atoms with van der Waals surface area (Å²) < 4.78 is 2.19. The summed E-state index contributed by atoms with van der Waals surface area (Å²) in [6, 6.07) is 8.27. The second-order valence-electron chi connectivity index (χ2n) is 5.64. The number of hydrogen-bond acceptors (Lipinski definition) is 2. The Morgan fingerprint density at radius 1 is 1.30 bits per heavy atom. The maximum Gasteiger partial charge on any atom is 0.125 e. The molecule has 0 N–H and O–H groups in total. The van der Waals surface area contributed by atoms with Gasteiger partial charge in [-0.3, -0.25) is 0 Å². The van der Waals surface area contributed by atoms with Gasteiger partial charge in [0, 0.05) is 6.04 Å². The fourth-order valence-electron chi connectivity index (χ4n) is 2.55. The molecule has 4 heteroatoms. The lowest BCUT2D eigenvalue weighted by molar-refractivity contribution is 0.440. The van der Waals surface area contributed by atoms with Gasteiger partial charge in [-0.25, -0.2) is 4.98 Å². The molecule has 0 spiro atoms. The number of benzene rings is 1. The third-order valence-electron chi connectivity index (χ3n) is 3.64. The fraction of sp³-hybridized carbons (Fsp3) is 0.500. The van der Waals surface area contributed by atoms with Crippen molar-refractivity contribution in [1.29, 1.82) is 5.26 Å². The summed E-state index contributed by atoms with van der Waals surface area (Å²) in [5.74, 6) is 1.90. The highest BCUT2D eigenvalue weighted by Gasteiger charge is 2.17. The third kappa shape index (κ3) is 2.81. The summed E-state index contributed by atoms with van der Waals surface area (Å²) in [7, 11) is 0. The molecule has 1 heterocycles. The summed E-state index contributed by atoms with van der Waals surface area (Å²) in [6.07, 6.45) is 2.25. The summed E-state index contributed by atoms with van der Waals surface area (Å²) in [6.45, 7) is 6.66. The molecule has 0 aliphatic rings. The molecular formula is C16H20ClN3. The van der Waals surface area contributed by atoms with Crippen LogP contribution in [0.5, 0.6) is 0 Å². The van der Waals surface area contributed by atoms with Gasteiger partial charge in [0.1, 0.15) is 17.4 Å². The molecule has 0 saturated carbocycles. The molecule has 0 aliphatic carbocycles. The Balaban J connectivity index is 2.48. The summed E-state index contributed by atoms with van der Waals surface area (Å²) >= 11 is 6.04. The van der Waals surface area contributed by atoms with Gasteiger partial charge >= 0.3 is 0 Å². The average Bonchev–Trinajstić information content (AvgIpc) is 2.82. The first-order chi connectivity index (χ1) is 9.58. The van der Waals surface area contributed by atoms with Gasteiger partial charge in [-0.2, -0.15) is 5.26 Å². The normalized spacial score (nSPS) is 12.8. The molecule has 2 aromatic rings. The topological polar surface area (TPSA) is 41.6 Å². The zero-order chi connectivity index (χ0) is 14.7. The molecule has 1 atom stereocenters. The van der Waals surface area contributed by atoms with Crippen molar-refractivity contribution in [3.63, 3.8) is 0 Å². The molecule has 0 amide bonds. The fourth-order valence-corrected chi connectivity index (χ4v) is 2.73. The largest absolute Gasteiger partial charge is 0.324 e. The van der Waals surface area contributed by atoms with Crippen LogP contribution in [0.1, 0.15) is 51.0 Å². The van der Waals surface area contributed by atoms with Crippen LogP contribution >= 0.6 is 11.6 Å². The van der Waals surface area contributed by atoms with Crippen LogP contribution < -0.4 is 0 Å². The average molecular weight is 290 g/mol. The number of para-hydroxylation sites is 1. The number of imidazole rings is 1. The number of fused-ring (bicyclic) bond motifs is 1. The van der Waals surface area contributed by atoms with Gasteiger partial charge in [-0.1, -0.05) is 19.9 Å². The van der Waals surface area contributed by atoms with E-state index in [2.05, 4.69) is 36.4 Å². The van der Waals surface area contributed by atoms with Gasteiger partial charge in [-0.15, -0.1) is 11.6 Å². The van der Waals surface area contributed by atoms with E-state index in [0.717, 1.165) is 23.3 Å². The van der Waals surface area contributed by atoms with E-state index in [9.17, 15) is 5.26 Å². The maximum atomic E-state index is 9.19. The van der Waals surface area contributed by atoms with Crippen molar-refractivity contribution < 1.29 is 0 Å². The van der Waals surface area contributed by atoms with Crippen LogP contribution in [0.4, 0.5) is 0 Å². The van der Waals surface area contributed by atoms with Crippen LogP contribution in [-0.4, -0.2) is 9.55 Å². The number of halogens is 1. The minimum atomic E-state index is 0.338. The van der Waals surface area contributed by atoms with E-state index in [1.54, 1.807) is 6.07 Å². The maximum absolute atomic E-state index is 9.19. The Bertz CT molecular complexity index is 637. The van der Waals surface area contributed by atoms with Gasteiger partial charge in [0.25, 0.3) is 0 Å². The predicted molar refractivity (Wildman–Crippen MR) is 82.8 cm³/mol. The molecule has 1 aromatic carbocycles. The van der Waals surface area contributed by atoms with E-state index < -0.39 is 0 Å². The molecule has 106 valence electrons. The Hall–Kier alpha value is -1.53. The standard InChI is InChI=1S/C16H20ClN3/c1-11(2)7-8-12(3)20-14-6-4-5-13(10-18)16(14)19-15(20)9-17/h4-6,11-12H,7-9H2,1-3H3. The molecule has 3 nitrogen and oxygen atoms in total. The zero-order valence-electron chi connectivity index (χ0n) is 12.2.